The average Bonchev–Trinajstić information content (AvgIpc) is 3.00. The van der Waals surface area contributed by atoms with E-state index in [9.17, 15) is 4.79 Å². The first kappa shape index (κ1) is 17.5. The number of hydrogen-bond donors (Lipinski definition) is 2. The Balaban J connectivity index is 1.49. The highest BCUT2D eigenvalue weighted by Gasteiger charge is 2.15. The van der Waals surface area contributed by atoms with Gasteiger partial charge < -0.3 is 11.1 Å². The lowest BCUT2D eigenvalue weighted by Crippen LogP contribution is -2.23. The molecule has 0 aliphatic carbocycles. The Morgan fingerprint density at radius 3 is 2.93 bits per heavy atom. The number of nitrogens with zero attached hydrogens (tertiary/aromatic N) is 2. The fourth-order valence-corrected chi connectivity index (χ4v) is 3.61. The summed E-state index contributed by atoms with van der Waals surface area (Å²) in [6.07, 6.45) is 1.30. The van der Waals surface area contributed by atoms with E-state index >= 15 is 0 Å². The fourth-order valence-electron chi connectivity index (χ4n) is 3.61. The van der Waals surface area contributed by atoms with E-state index in [2.05, 4.69) is 22.5 Å². The Morgan fingerprint density at radius 1 is 1.19 bits per heavy atom. The molecule has 3 aromatic rings. The number of ketones is 1. The van der Waals surface area contributed by atoms with Crippen LogP contribution in [0.25, 0.3) is 0 Å². The van der Waals surface area contributed by atoms with Gasteiger partial charge in [0.15, 0.2) is 5.78 Å². The third-order valence-corrected chi connectivity index (χ3v) is 5.07. The highest BCUT2D eigenvalue weighted by atomic mass is 16.1. The van der Waals surface area contributed by atoms with Crippen LogP contribution in [0.1, 0.15) is 38.4 Å². The Morgan fingerprint density at radius 2 is 2.07 bits per heavy atom. The van der Waals surface area contributed by atoms with Crippen LogP contribution in [0.15, 0.2) is 48.5 Å². The molecule has 5 nitrogen and oxygen atoms in total. The van der Waals surface area contributed by atoms with Gasteiger partial charge in [-0.15, -0.1) is 0 Å². The van der Waals surface area contributed by atoms with Gasteiger partial charge in [0, 0.05) is 23.5 Å². The molecule has 0 saturated heterocycles. The van der Waals surface area contributed by atoms with Crippen molar-refractivity contribution in [3.63, 3.8) is 0 Å². The number of carbonyl (C=O) groups excluding carboxylic acids is 1. The fraction of sp³-hybridized carbons (Fsp3) is 0.273. The van der Waals surface area contributed by atoms with Gasteiger partial charge >= 0.3 is 0 Å². The van der Waals surface area contributed by atoms with Crippen molar-refractivity contribution in [2.45, 2.75) is 32.9 Å². The van der Waals surface area contributed by atoms with Crippen molar-refractivity contribution in [3.05, 3.63) is 82.2 Å². The minimum absolute atomic E-state index is 0.116. The Labute approximate surface area is 159 Å². The highest BCUT2D eigenvalue weighted by molar-refractivity contribution is 5.97. The zero-order valence-electron chi connectivity index (χ0n) is 15.5. The number of rotatable bonds is 5. The second kappa shape index (κ2) is 7.37. The molecule has 4 rings (SSSR count). The number of nitrogens with one attached hydrogen (secondary N) is 1. The summed E-state index contributed by atoms with van der Waals surface area (Å²) in [4.78, 5) is 12.7. The molecule has 1 aliphatic heterocycles. The summed E-state index contributed by atoms with van der Waals surface area (Å²) >= 11 is 0. The van der Waals surface area contributed by atoms with Crippen LogP contribution in [0, 0.1) is 6.92 Å². The predicted molar refractivity (Wildman–Crippen MR) is 107 cm³/mol. The lowest BCUT2D eigenvalue weighted by atomic mass is 9.96. The van der Waals surface area contributed by atoms with Crippen LogP contribution < -0.4 is 11.1 Å². The van der Waals surface area contributed by atoms with Crippen molar-refractivity contribution < 1.29 is 4.79 Å². The molecular formula is C22H24N4O. The number of hydrogen-bond acceptors (Lipinski definition) is 4. The van der Waals surface area contributed by atoms with Gasteiger partial charge in [0.2, 0.25) is 0 Å². The SMILES string of the molecule is Cc1cc(CC(=O)c2ccc3c(c2)CCNC3)nn1Cc1cccc(N)c1. The molecular weight excluding hydrogens is 336 g/mol. The predicted octanol–water partition coefficient (Wildman–Crippen LogP) is 2.89. The molecule has 0 bridgehead atoms. The van der Waals surface area contributed by atoms with Crippen molar-refractivity contribution >= 4 is 11.5 Å². The molecule has 0 fully saturated rings. The maximum Gasteiger partial charge on any atom is 0.168 e. The summed E-state index contributed by atoms with van der Waals surface area (Å²) in [6, 6.07) is 15.8. The molecule has 3 N–H and O–H groups in total. The van der Waals surface area contributed by atoms with Crippen LogP contribution in [0.2, 0.25) is 0 Å². The summed E-state index contributed by atoms with van der Waals surface area (Å²) in [5.74, 6) is 0.116. The summed E-state index contributed by atoms with van der Waals surface area (Å²) in [7, 11) is 0. The van der Waals surface area contributed by atoms with Gasteiger partial charge in [0.1, 0.15) is 0 Å². The summed E-state index contributed by atoms with van der Waals surface area (Å²) < 4.78 is 1.93. The Hall–Kier alpha value is -2.92. The van der Waals surface area contributed by atoms with Crippen LogP contribution >= 0.6 is 0 Å². The first-order chi connectivity index (χ1) is 13.1. The van der Waals surface area contributed by atoms with Gasteiger partial charge in [-0.25, -0.2) is 0 Å². The number of nitrogen functional groups attached to an aromatic ring is 1. The van der Waals surface area contributed by atoms with E-state index in [1.54, 1.807) is 0 Å². The molecule has 0 spiro atoms. The zero-order chi connectivity index (χ0) is 18.8. The van der Waals surface area contributed by atoms with Gasteiger partial charge in [-0.1, -0.05) is 24.3 Å². The molecule has 1 aromatic heterocycles. The second-order valence-electron chi connectivity index (χ2n) is 7.19. The van der Waals surface area contributed by atoms with Crippen molar-refractivity contribution in [3.8, 4) is 0 Å². The molecule has 1 aliphatic rings. The Bertz CT molecular complexity index is 990. The minimum atomic E-state index is 0.116. The van der Waals surface area contributed by atoms with Crippen LogP contribution in [0.5, 0.6) is 0 Å². The standard InChI is InChI=1S/C22H24N4O/c1-15-9-21(25-26(15)14-16-3-2-4-20(23)10-16)12-22(27)18-5-6-19-13-24-8-7-17(19)11-18/h2-6,9-11,24H,7-8,12-14,23H2,1H3. The number of fused-ring (bicyclic) bond motifs is 1. The molecule has 138 valence electrons. The van der Waals surface area contributed by atoms with Gasteiger partial charge in [0.25, 0.3) is 0 Å². The zero-order valence-corrected chi connectivity index (χ0v) is 15.5. The normalized spacial score (nSPS) is 13.4. The van der Waals surface area contributed by atoms with Gasteiger partial charge in [-0.3, -0.25) is 9.48 Å². The van der Waals surface area contributed by atoms with Gasteiger partial charge in [-0.2, -0.15) is 5.10 Å². The lowest BCUT2D eigenvalue weighted by Gasteiger charge is -2.17. The van der Waals surface area contributed by atoms with Crippen LogP contribution in [0.4, 0.5) is 5.69 Å². The van der Waals surface area contributed by atoms with E-state index in [4.69, 9.17) is 5.73 Å². The molecule has 0 atom stereocenters. The summed E-state index contributed by atoms with van der Waals surface area (Å²) in [5, 5.41) is 7.99. The van der Waals surface area contributed by atoms with Crippen LogP contribution in [-0.4, -0.2) is 22.1 Å². The summed E-state index contributed by atoms with van der Waals surface area (Å²) in [6.45, 7) is 4.52. The van der Waals surface area contributed by atoms with Crippen molar-refractivity contribution in [2.24, 2.45) is 0 Å². The first-order valence-corrected chi connectivity index (χ1v) is 9.32. The molecule has 27 heavy (non-hydrogen) atoms. The number of nitrogens with two attached hydrogens (primary N) is 1. The third kappa shape index (κ3) is 3.93. The monoisotopic (exact) mass is 360 g/mol. The van der Waals surface area contributed by atoms with E-state index in [-0.39, 0.29) is 5.78 Å². The van der Waals surface area contributed by atoms with Gasteiger partial charge in [-0.05, 0) is 60.8 Å². The average molecular weight is 360 g/mol. The van der Waals surface area contributed by atoms with E-state index in [0.717, 1.165) is 47.7 Å². The number of aryl methyl sites for hydroxylation is 1. The number of anilines is 1. The molecule has 2 aromatic carbocycles. The maximum atomic E-state index is 12.7. The molecule has 2 heterocycles. The second-order valence-corrected chi connectivity index (χ2v) is 7.19. The van der Waals surface area contributed by atoms with E-state index in [0.29, 0.717) is 13.0 Å². The molecule has 0 saturated carbocycles. The van der Waals surface area contributed by atoms with E-state index in [1.165, 1.54) is 11.1 Å². The number of carbonyl (C=O) groups is 1. The Kier molecular flexibility index (Phi) is 4.77. The lowest BCUT2D eigenvalue weighted by molar-refractivity contribution is 0.0991. The smallest absolute Gasteiger partial charge is 0.168 e. The molecule has 0 amide bonds. The van der Waals surface area contributed by atoms with Crippen molar-refractivity contribution in [1.29, 1.82) is 0 Å². The van der Waals surface area contributed by atoms with E-state index < -0.39 is 0 Å². The number of benzene rings is 2. The highest BCUT2D eigenvalue weighted by Crippen LogP contribution is 2.18. The molecule has 0 unspecified atom stereocenters. The third-order valence-electron chi connectivity index (χ3n) is 5.07. The summed E-state index contributed by atoms with van der Waals surface area (Å²) in [5.41, 5.74) is 12.9. The van der Waals surface area contributed by atoms with Gasteiger partial charge in [0.05, 0.1) is 18.7 Å². The topological polar surface area (TPSA) is 72.9 Å². The van der Waals surface area contributed by atoms with Crippen molar-refractivity contribution in [1.82, 2.24) is 15.1 Å². The maximum absolute atomic E-state index is 12.7. The first-order valence-electron chi connectivity index (χ1n) is 9.32. The largest absolute Gasteiger partial charge is 0.399 e. The quantitative estimate of drug-likeness (QED) is 0.542. The van der Waals surface area contributed by atoms with E-state index in [1.807, 2.05) is 48.0 Å². The van der Waals surface area contributed by atoms with Crippen LogP contribution in [0.3, 0.4) is 0 Å². The minimum Gasteiger partial charge on any atom is -0.399 e. The molecule has 0 radical (unpaired) electrons. The molecule has 5 heteroatoms. The number of aromatic nitrogens is 2. The van der Waals surface area contributed by atoms with Crippen LogP contribution in [-0.2, 0) is 25.9 Å². The number of Topliss-reactive ketones (excluding diaryl/α,β-unsaturated/α-hetero) is 1. The van der Waals surface area contributed by atoms with Crippen molar-refractivity contribution in [2.75, 3.05) is 12.3 Å².